The number of thioether (sulfide) groups is 1. The van der Waals surface area contributed by atoms with Gasteiger partial charge in [0, 0.05) is 24.3 Å². The Morgan fingerprint density at radius 2 is 2.35 bits per heavy atom. The summed E-state index contributed by atoms with van der Waals surface area (Å²) in [6.45, 7) is 0. The highest BCUT2D eigenvalue weighted by molar-refractivity contribution is 7.98. The quantitative estimate of drug-likeness (QED) is 0.662. The number of nitrogens with zero attached hydrogens (tertiary/aromatic N) is 5. The number of fused-ring (bicyclic) bond motifs is 1. The molecule has 0 amide bonds. The van der Waals surface area contributed by atoms with E-state index in [1.54, 1.807) is 6.20 Å². The van der Waals surface area contributed by atoms with Crippen molar-refractivity contribution in [2.75, 3.05) is 5.73 Å². The summed E-state index contributed by atoms with van der Waals surface area (Å²) >= 11 is 1.47. The Hall–Kier alpha value is -2.09. The predicted molar refractivity (Wildman–Crippen MR) is 63.3 cm³/mol. The molecule has 0 aliphatic rings. The fourth-order valence-electron chi connectivity index (χ4n) is 1.41. The van der Waals surface area contributed by atoms with Crippen LogP contribution in [0.1, 0.15) is 5.69 Å². The second-order valence-electron chi connectivity index (χ2n) is 3.35. The van der Waals surface area contributed by atoms with E-state index in [-0.39, 0.29) is 0 Å². The van der Waals surface area contributed by atoms with Gasteiger partial charge in [-0.3, -0.25) is 4.40 Å². The Balaban J connectivity index is 1.76. The molecule has 0 aliphatic heterocycles. The summed E-state index contributed by atoms with van der Waals surface area (Å²) in [4.78, 5) is 12.5. The van der Waals surface area contributed by atoms with Crippen molar-refractivity contribution in [1.29, 1.82) is 0 Å². The molecule has 0 atom stereocenters. The van der Waals surface area contributed by atoms with Crippen molar-refractivity contribution in [3.05, 3.63) is 30.4 Å². The van der Waals surface area contributed by atoms with Crippen LogP contribution in [0.25, 0.3) is 5.78 Å². The third-order valence-electron chi connectivity index (χ3n) is 2.12. The van der Waals surface area contributed by atoms with Crippen molar-refractivity contribution in [3.8, 4) is 0 Å². The smallest absolute Gasteiger partial charge is 0.233 e. The van der Waals surface area contributed by atoms with Crippen LogP contribution in [0.5, 0.6) is 0 Å². The minimum absolute atomic E-state index is 0.323. The summed E-state index contributed by atoms with van der Waals surface area (Å²) in [5, 5.41) is 7.14. The van der Waals surface area contributed by atoms with Gasteiger partial charge in [-0.15, -0.1) is 5.10 Å². The summed E-state index contributed by atoms with van der Waals surface area (Å²) in [6.07, 6.45) is 5.56. The third-order valence-corrected chi connectivity index (χ3v) is 3.00. The lowest BCUT2D eigenvalue weighted by atomic mass is 10.6. The average molecular weight is 247 g/mol. The first-order chi connectivity index (χ1) is 8.31. The second kappa shape index (κ2) is 4.06. The molecule has 3 heterocycles. The maximum absolute atomic E-state index is 5.44. The van der Waals surface area contributed by atoms with Crippen LogP contribution in [-0.4, -0.2) is 29.5 Å². The zero-order chi connectivity index (χ0) is 11.7. The molecule has 86 valence electrons. The minimum atomic E-state index is 0.323. The molecular formula is C9H9N7S. The molecular weight excluding hydrogens is 238 g/mol. The molecule has 0 aliphatic carbocycles. The van der Waals surface area contributed by atoms with Crippen LogP contribution in [0.3, 0.4) is 0 Å². The van der Waals surface area contributed by atoms with Crippen molar-refractivity contribution in [1.82, 2.24) is 29.5 Å². The van der Waals surface area contributed by atoms with Gasteiger partial charge in [-0.05, 0) is 6.07 Å². The molecule has 3 N–H and O–H groups in total. The largest absolute Gasteiger partial charge is 0.368 e. The number of aromatic amines is 1. The molecule has 0 radical (unpaired) electrons. The Labute approximate surface area is 100 Å². The fraction of sp³-hybridized carbons (Fsp3) is 0.111. The van der Waals surface area contributed by atoms with E-state index >= 15 is 0 Å². The first kappa shape index (κ1) is 10.1. The van der Waals surface area contributed by atoms with Gasteiger partial charge in [-0.2, -0.15) is 4.98 Å². The van der Waals surface area contributed by atoms with Crippen LogP contribution >= 0.6 is 11.8 Å². The Morgan fingerprint density at radius 1 is 1.41 bits per heavy atom. The van der Waals surface area contributed by atoms with Crippen LogP contribution in [0.2, 0.25) is 0 Å². The number of anilines is 1. The summed E-state index contributed by atoms with van der Waals surface area (Å²) in [5.74, 6) is 1.70. The van der Waals surface area contributed by atoms with Crippen molar-refractivity contribution in [2.24, 2.45) is 0 Å². The minimum Gasteiger partial charge on any atom is -0.368 e. The topological polar surface area (TPSA) is 97.8 Å². The normalized spacial score (nSPS) is 11.1. The van der Waals surface area contributed by atoms with E-state index in [1.165, 1.54) is 11.8 Å². The number of nitrogen functional groups attached to an aromatic ring is 1. The van der Waals surface area contributed by atoms with Crippen LogP contribution in [0.15, 0.2) is 29.8 Å². The molecule has 0 spiro atoms. The highest BCUT2D eigenvalue weighted by Gasteiger charge is 2.05. The Kier molecular flexibility index (Phi) is 2.41. The highest BCUT2D eigenvalue weighted by Crippen LogP contribution is 2.18. The second-order valence-corrected chi connectivity index (χ2v) is 4.29. The van der Waals surface area contributed by atoms with E-state index in [4.69, 9.17) is 5.73 Å². The number of hydrogen-bond donors (Lipinski definition) is 2. The summed E-state index contributed by atoms with van der Waals surface area (Å²) in [7, 11) is 0. The van der Waals surface area contributed by atoms with Crippen molar-refractivity contribution >= 4 is 23.5 Å². The lowest BCUT2D eigenvalue weighted by molar-refractivity contribution is 0.972. The van der Waals surface area contributed by atoms with E-state index in [0.29, 0.717) is 22.6 Å². The van der Waals surface area contributed by atoms with Crippen molar-refractivity contribution in [2.45, 2.75) is 10.9 Å². The molecule has 7 nitrogen and oxygen atoms in total. The first-order valence-corrected chi connectivity index (χ1v) is 5.89. The summed E-state index contributed by atoms with van der Waals surface area (Å²) in [5.41, 5.74) is 6.36. The lowest BCUT2D eigenvalue weighted by Crippen LogP contribution is -1.85. The van der Waals surface area contributed by atoms with Gasteiger partial charge in [0.05, 0.1) is 5.69 Å². The van der Waals surface area contributed by atoms with Crippen molar-refractivity contribution < 1.29 is 0 Å². The van der Waals surface area contributed by atoms with E-state index in [0.717, 1.165) is 5.69 Å². The zero-order valence-corrected chi connectivity index (χ0v) is 9.55. The number of nitrogens with two attached hydrogens (primary N) is 1. The molecule has 0 saturated carbocycles. The summed E-state index contributed by atoms with van der Waals surface area (Å²) < 4.78 is 1.88. The van der Waals surface area contributed by atoms with Crippen LogP contribution in [0.4, 0.5) is 5.95 Å². The highest BCUT2D eigenvalue weighted by atomic mass is 32.2. The van der Waals surface area contributed by atoms with Crippen LogP contribution < -0.4 is 5.73 Å². The number of aromatic nitrogens is 6. The van der Waals surface area contributed by atoms with Gasteiger partial charge in [-0.25, -0.2) is 15.1 Å². The molecule has 3 aromatic rings. The van der Waals surface area contributed by atoms with Gasteiger partial charge in [0.2, 0.25) is 16.9 Å². The Bertz CT molecular complexity index is 610. The number of nitrogens with one attached hydrogen (secondary N) is 1. The Morgan fingerprint density at radius 3 is 3.12 bits per heavy atom. The van der Waals surface area contributed by atoms with Crippen molar-refractivity contribution in [3.63, 3.8) is 0 Å². The van der Waals surface area contributed by atoms with Crippen LogP contribution in [-0.2, 0) is 5.75 Å². The fourth-order valence-corrected chi connectivity index (χ4v) is 2.10. The molecule has 0 fully saturated rings. The van der Waals surface area contributed by atoms with Gasteiger partial charge in [-0.1, -0.05) is 11.8 Å². The maximum atomic E-state index is 5.44. The van der Waals surface area contributed by atoms with E-state index in [2.05, 4.69) is 25.1 Å². The van der Waals surface area contributed by atoms with Gasteiger partial charge in [0.1, 0.15) is 0 Å². The molecule has 3 aromatic heterocycles. The molecule has 17 heavy (non-hydrogen) atoms. The summed E-state index contributed by atoms with van der Waals surface area (Å²) in [6, 6.07) is 1.86. The monoisotopic (exact) mass is 247 g/mol. The molecule has 0 unspecified atom stereocenters. The molecule has 3 rings (SSSR count). The van der Waals surface area contributed by atoms with E-state index < -0.39 is 0 Å². The standard InChI is InChI=1S/C9H9N7S/c10-7-13-9(15-14-7)17-5-6-4-16-3-1-2-11-8(16)12-6/h1-4H,5H2,(H3,10,13,14,15). The number of hydrogen-bond acceptors (Lipinski definition) is 6. The van der Waals surface area contributed by atoms with E-state index in [1.807, 2.05) is 22.9 Å². The van der Waals surface area contributed by atoms with Gasteiger partial charge in [0.15, 0.2) is 0 Å². The predicted octanol–water partition coefficient (Wildman–Crippen LogP) is 0.722. The van der Waals surface area contributed by atoms with Gasteiger partial charge < -0.3 is 5.73 Å². The molecule has 0 saturated heterocycles. The number of H-pyrrole nitrogens is 1. The van der Waals surface area contributed by atoms with Crippen LogP contribution in [0, 0.1) is 0 Å². The van der Waals surface area contributed by atoms with E-state index in [9.17, 15) is 0 Å². The maximum Gasteiger partial charge on any atom is 0.233 e. The first-order valence-electron chi connectivity index (χ1n) is 4.90. The number of rotatable bonds is 3. The zero-order valence-electron chi connectivity index (χ0n) is 8.74. The average Bonchev–Trinajstić information content (AvgIpc) is 2.91. The number of imidazole rings is 1. The SMILES string of the molecule is Nc1nc(SCc2cn3cccnc3n2)n[nH]1. The van der Waals surface area contributed by atoms with Gasteiger partial charge in [0.25, 0.3) is 0 Å². The molecule has 8 heteroatoms. The lowest BCUT2D eigenvalue weighted by Gasteiger charge is -1.90. The molecule has 0 aromatic carbocycles. The molecule has 0 bridgehead atoms. The third kappa shape index (κ3) is 2.07. The van der Waals surface area contributed by atoms with Gasteiger partial charge >= 0.3 is 0 Å².